The molecule has 2 N–H and O–H groups in total. The molecule has 140 valence electrons. The van der Waals surface area contributed by atoms with Gasteiger partial charge in [0.15, 0.2) is 11.5 Å². The van der Waals surface area contributed by atoms with E-state index in [1.165, 1.54) is 0 Å². The number of aromatic nitrogens is 2. The van der Waals surface area contributed by atoms with E-state index in [1.807, 2.05) is 12.1 Å². The van der Waals surface area contributed by atoms with E-state index >= 15 is 0 Å². The lowest BCUT2D eigenvalue weighted by Crippen LogP contribution is -2.23. The maximum absolute atomic E-state index is 12.6. The molecular formula is C21H16ClN3O3. The number of nitrogens with one attached hydrogen (secondary N) is 1. The third kappa shape index (κ3) is 3.63. The molecular weight excluding hydrogens is 378 g/mol. The molecule has 7 heteroatoms. The summed E-state index contributed by atoms with van der Waals surface area (Å²) in [7, 11) is 0. The highest BCUT2D eigenvalue weighted by Gasteiger charge is 2.18. The number of benzene rings is 2. The van der Waals surface area contributed by atoms with Crippen molar-refractivity contribution in [3.63, 3.8) is 0 Å². The molecule has 2 heterocycles. The Kier molecular flexibility index (Phi) is 4.87. The first-order valence-corrected chi connectivity index (χ1v) is 8.94. The molecule has 2 aromatic heterocycles. The molecule has 6 nitrogen and oxygen atoms in total. The fourth-order valence-electron chi connectivity index (χ4n) is 2.82. The number of carbonyl (C=O) groups excluding carboxylic acids is 1. The molecule has 0 aliphatic carbocycles. The van der Waals surface area contributed by atoms with E-state index in [4.69, 9.17) is 16.0 Å². The van der Waals surface area contributed by atoms with Gasteiger partial charge in [-0.2, -0.15) is 5.10 Å². The molecule has 0 aliphatic rings. The van der Waals surface area contributed by atoms with Crippen molar-refractivity contribution in [2.75, 3.05) is 0 Å². The van der Waals surface area contributed by atoms with Gasteiger partial charge in [0, 0.05) is 23.2 Å². The van der Waals surface area contributed by atoms with Crippen LogP contribution in [0.3, 0.4) is 0 Å². The summed E-state index contributed by atoms with van der Waals surface area (Å²) in [6, 6.07) is 19.2. The van der Waals surface area contributed by atoms with E-state index in [2.05, 4.69) is 10.4 Å². The summed E-state index contributed by atoms with van der Waals surface area (Å²) in [6.45, 7) is 0.186. The van der Waals surface area contributed by atoms with E-state index < -0.39 is 0 Å². The minimum absolute atomic E-state index is 0.128. The van der Waals surface area contributed by atoms with Crippen molar-refractivity contribution in [2.24, 2.45) is 0 Å². The number of phenolic OH excluding ortho intramolecular Hbond substituents is 1. The summed E-state index contributed by atoms with van der Waals surface area (Å²) in [4.78, 5) is 12.6. The molecule has 4 aromatic rings. The zero-order valence-electron chi connectivity index (χ0n) is 14.7. The van der Waals surface area contributed by atoms with Crippen molar-refractivity contribution in [1.29, 1.82) is 0 Å². The zero-order chi connectivity index (χ0) is 19.5. The highest BCUT2D eigenvalue weighted by molar-refractivity contribution is 6.30. The van der Waals surface area contributed by atoms with Gasteiger partial charge in [0.1, 0.15) is 11.4 Å². The van der Waals surface area contributed by atoms with Crippen LogP contribution < -0.4 is 5.32 Å². The first-order valence-electron chi connectivity index (χ1n) is 8.57. The lowest BCUT2D eigenvalue weighted by atomic mass is 10.2. The Hall–Kier alpha value is -3.51. The van der Waals surface area contributed by atoms with E-state index in [9.17, 15) is 9.90 Å². The highest BCUT2D eigenvalue weighted by Crippen LogP contribution is 2.26. The van der Waals surface area contributed by atoms with Crippen molar-refractivity contribution in [1.82, 2.24) is 15.1 Å². The van der Waals surface area contributed by atoms with Crippen molar-refractivity contribution >= 4 is 17.5 Å². The number of halogens is 1. The summed E-state index contributed by atoms with van der Waals surface area (Å²) >= 11 is 6.11. The van der Waals surface area contributed by atoms with Gasteiger partial charge in [-0.15, -0.1) is 0 Å². The lowest BCUT2D eigenvalue weighted by Gasteiger charge is -2.06. The number of carbonyl (C=O) groups is 1. The Bertz CT molecular complexity index is 1120. The standard InChI is InChI=1S/C21H16ClN3O3/c22-15-6-3-7-16(11-15)25-18(20-9-4-10-28-20)12-17(24-25)21(27)23-13-14-5-1-2-8-19(14)26/h1-12,26H,13H2,(H,23,27). The van der Waals surface area contributed by atoms with Crippen LogP contribution >= 0.6 is 11.6 Å². The molecule has 0 saturated heterocycles. The molecule has 1 amide bonds. The fourth-order valence-corrected chi connectivity index (χ4v) is 3.01. The van der Waals surface area contributed by atoms with Gasteiger partial charge >= 0.3 is 0 Å². The number of rotatable bonds is 5. The second-order valence-corrected chi connectivity index (χ2v) is 6.53. The fraction of sp³-hybridized carbons (Fsp3) is 0.0476. The zero-order valence-corrected chi connectivity index (χ0v) is 15.4. The van der Waals surface area contributed by atoms with Gasteiger partial charge in [0.25, 0.3) is 5.91 Å². The van der Waals surface area contributed by atoms with Crippen molar-refractivity contribution in [2.45, 2.75) is 6.54 Å². The number of furan rings is 1. The maximum Gasteiger partial charge on any atom is 0.272 e. The number of hydrogen-bond acceptors (Lipinski definition) is 4. The SMILES string of the molecule is O=C(NCc1ccccc1O)c1cc(-c2ccco2)n(-c2cccc(Cl)c2)n1. The molecule has 0 atom stereocenters. The van der Waals surface area contributed by atoms with Crippen LogP contribution in [0.15, 0.2) is 77.4 Å². The molecule has 0 bridgehead atoms. The van der Waals surface area contributed by atoms with Crippen LogP contribution in [0.2, 0.25) is 5.02 Å². The summed E-state index contributed by atoms with van der Waals surface area (Å²) < 4.78 is 7.10. The number of hydrogen-bond donors (Lipinski definition) is 2. The Morgan fingerprint density at radius 2 is 1.96 bits per heavy atom. The van der Waals surface area contributed by atoms with Crippen LogP contribution in [0.25, 0.3) is 17.1 Å². The molecule has 2 aromatic carbocycles. The third-order valence-electron chi connectivity index (χ3n) is 4.20. The molecule has 0 unspecified atom stereocenters. The summed E-state index contributed by atoms with van der Waals surface area (Å²) in [5, 5.41) is 17.6. The third-order valence-corrected chi connectivity index (χ3v) is 4.43. The van der Waals surface area contributed by atoms with Crippen LogP contribution in [0, 0.1) is 0 Å². The Morgan fingerprint density at radius 3 is 2.71 bits per heavy atom. The molecule has 0 radical (unpaired) electrons. The smallest absolute Gasteiger partial charge is 0.272 e. The highest BCUT2D eigenvalue weighted by atomic mass is 35.5. The van der Waals surface area contributed by atoms with Crippen molar-refractivity contribution in [3.05, 3.63) is 89.3 Å². The minimum Gasteiger partial charge on any atom is -0.508 e. The monoisotopic (exact) mass is 393 g/mol. The van der Waals surface area contributed by atoms with Gasteiger partial charge in [-0.25, -0.2) is 4.68 Å². The number of nitrogens with zero attached hydrogens (tertiary/aromatic N) is 2. The molecule has 0 spiro atoms. The quantitative estimate of drug-likeness (QED) is 0.526. The van der Waals surface area contributed by atoms with Gasteiger partial charge in [0.05, 0.1) is 12.0 Å². The van der Waals surface area contributed by atoms with E-state index in [0.29, 0.717) is 27.7 Å². The average Bonchev–Trinajstić information content (AvgIpc) is 3.37. The number of para-hydroxylation sites is 1. The van der Waals surface area contributed by atoms with E-state index in [0.717, 1.165) is 0 Å². The van der Waals surface area contributed by atoms with Crippen LogP contribution in [-0.2, 0) is 6.54 Å². The van der Waals surface area contributed by atoms with Gasteiger partial charge in [0.2, 0.25) is 0 Å². The lowest BCUT2D eigenvalue weighted by molar-refractivity contribution is 0.0945. The maximum atomic E-state index is 12.6. The summed E-state index contributed by atoms with van der Waals surface area (Å²) in [6.07, 6.45) is 1.56. The molecule has 28 heavy (non-hydrogen) atoms. The van der Waals surface area contributed by atoms with Crippen LogP contribution in [-0.4, -0.2) is 20.8 Å². The predicted molar refractivity (Wildman–Crippen MR) is 106 cm³/mol. The van der Waals surface area contributed by atoms with Gasteiger partial charge in [-0.05, 0) is 36.4 Å². The van der Waals surface area contributed by atoms with Crippen LogP contribution in [0.1, 0.15) is 16.1 Å². The molecule has 0 fully saturated rings. The predicted octanol–water partition coefficient (Wildman–Crippen LogP) is 4.42. The Balaban J connectivity index is 1.65. The van der Waals surface area contributed by atoms with Crippen LogP contribution in [0.5, 0.6) is 5.75 Å². The normalized spacial score (nSPS) is 10.8. The van der Waals surface area contributed by atoms with E-state index in [1.54, 1.807) is 65.5 Å². The molecule has 0 saturated carbocycles. The first-order chi connectivity index (χ1) is 13.6. The Morgan fingerprint density at radius 1 is 1.11 bits per heavy atom. The number of amides is 1. The number of aromatic hydroxyl groups is 1. The van der Waals surface area contributed by atoms with Gasteiger partial charge in [-0.1, -0.05) is 35.9 Å². The number of phenols is 1. The first kappa shape index (κ1) is 17.9. The summed E-state index contributed by atoms with van der Waals surface area (Å²) in [5.74, 6) is 0.340. The van der Waals surface area contributed by atoms with Crippen LogP contribution in [0.4, 0.5) is 0 Å². The van der Waals surface area contributed by atoms with Gasteiger partial charge in [-0.3, -0.25) is 4.79 Å². The van der Waals surface area contributed by atoms with E-state index in [-0.39, 0.29) is 23.9 Å². The second kappa shape index (κ2) is 7.62. The topological polar surface area (TPSA) is 80.3 Å². The van der Waals surface area contributed by atoms with Crippen molar-refractivity contribution < 1.29 is 14.3 Å². The molecule has 0 aliphatic heterocycles. The second-order valence-electron chi connectivity index (χ2n) is 6.10. The minimum atomic E-state index is -0.364. The Labute approximate surface area is 166 Å². The van der Waals surface area contributed by atoms with Crippen molar-refractivity contribution in [3.8, 4) is 22.9 Å². The molecule has 4 rings (SSSR count). The van der Waals surface area contributed by atoms with Gasteiger partial charge < -0.3 is 14.8 Å². The average molecular weight is 394 g/mol. The summed E-state index contributed by atoms with van der Waals surface area (Å²) in [5.41, 5.74) is 2.18. The largest absolute Gasteiger partial charge is 0.508 e.